The molecule has 1 saturated heterocycles. The molecule has 0 aromatic carbocycles. The third-order valence-electron chi connectivity index (χ3n) is 2.98. The molecule has 0 radical (unpaired) electrons. The SMILES string of the molecule is OCC1CC(O)CC(C2=CCCC=C2)O1. The van der Waals surface area contributed by atoms with E-state index in [-0.39, 0.29) is 24.9 Å². The lowest BCUT2D eigenvalue weighted by molar-refractivity contribution is -0.0965. The second-order valence-corrected chi connectivity index (χ2v) is 4.24. The van der Waals surface area contributed by atoms with Crippen molar-refractivity contribution in [3.05, 3.63) is 23.8 Å². The zero-order valence-corrected chi connectivity index (χ0v) is 8.80. The Morgan fingerprint density at radius 3 is 2.87 bits per heavy atom. The zero-order chi connectivity index (χ0) is 10.7. The standard InChI is InChI=1S/C12H18O3/c13-8-11-6-10(14)7-12(15-11)9-4-2-1-3-5-9/h2,4-5,10-14H,1,3,6-8H2. The van der Waals surface area contributed by atoms with Gasteiger partial charge in [0.15, 0.2) is 0 Å². The molecule has 2 aliphatic rings. The minimum Gasteiger partial charge on any atom is -0.394 e. The summed E-state index contributed by atoms with van der Waals surface area (Å²) >= 11 is 0. The van der Waals surface area contributed by atoms with Crippen molar-refractivity contribution in [2.45, 2.75) is 44.0 Å². The molecule has 3 atom stereocenters. The molecule has 0 bridgehead atoms. The van der Waals surface area contributed by atoms with Gasteiger partial charge in [0.25, 0.3) is 0 Å². The monoisotopic (exact) mass is 210 g/mol. The van der Waals surface area contributed by atoms with Gasteiger partial charge in [0.1, 0.15) is 0 Å². The van der Waals surface area contributed by atoms with E-state index in [4.69, 9.17) is 9.84 Å². The molecule has 1 aliphatic heterocycles. The van der Waals surface area contributed by atoms with Crippen molar-refractivity contribution in [3.63, 3.8) is 0 Å². The van der Waals surface area contributed by atoms with Crippen molar-refractivity contribution in [1.82, 2.24) is 0 Å². The fourth-order valence-electron chi connectivity index (χ4n) is 2.19. The van der Waals surface area contributed by atoms with Gasteiger partial charge >= 0.3 is 0 Å². The average Bonchev–Trinajstić information content (AvgIpc) is 2.29. The van der Waals surface area contributed by atoms with Crippen LogP contribution >= 0.6 is 0 Å². The first-order valence-corrected chi connectivity index (χ1v) is 5.60. The molecule has 1 aliphatic carbocycles. The Hall–Kier alpha value is -0.640. The molecule has 84 valence electrons. The highest BCUT2D eigenvalue weighted by Gasteiger charge is 2.29. The fourth-order valence-corrected chi connectivity index (χ4v) is 2.19. The quantitative estimate of drug-likeness (QED) is 0.719. The lowest BCUT2D eigenvalue weighted by Gasteiger charge is -2.33. The maximum Gasteiger partial charge on any atom is 0.0851 e. The molecule has 1 fully saturated rings. The van der Waals surface area contributed by atoms with Crippen molar-refractivity contribution in [3.8, 4) is 0 Å². The van der Waals surface area contributed by atoms with Gasteiger partial charge in [0.2, 0.25) is 0 Å². The molecule has 1 heterocycles. The van der Waals surface area contributed by atoms with Crippen LogP contribution in [0.3, 0.4) is 0 Å². The molecule has 3 unspecified atom stereocenters. The van der Waals surface area contributed by atoms with E-state index in [2.05, 4.69) is 18.2 Å². The van der Waals surface area contributed by atoms with Gasteiger partial charge in [-0.15, -0.1) is 0 Å². The van der Waals surface area contributed by atoms with Crippen LogP contribution < -0.4 is 0 Å². The van der Waals surface area contributed by atoms with Crippen LogP contribution in [-0.2, 0) is 4.74 Å². The van der Waals surface area contributed by atoms with E-state index in [1.165, 1.54) is 0 Å². The van der Waals surface area contributed by atoms with Gasteiger partial charge in [-0.05, 0) is 18.4 Å². The number of hydrogen-bond acceptors (Lipinski definition) is 3. The third kappa shape index (κ3) is 2.68. The van der Waals surface area contributed by atoms with Gasteiger partial charge in [-0.1, -0.05) is 18.2 Å². The molecule has 2 N–H and O–H groups in total. The van der Waals surface area contributed by atoms with E-state index in [1.807, 2.05) is 0 Å². The van der Waals surface area contributed by atoms with Crippen molar-refractivity contribution in [2.24, 2.45) is 0 Å². The number of hydrogen-bond donors (Lipinski definition) is 2. The smallest absolute Gasteiger partial charge is 0.0851 e. The molecule has 15 heavy (non-hydrogen) atoms. The largest absolute Gasteiger partial charge is 0.394 e. The van der Waals surface area contributed by atoms with Gasteiger partial charge in [0, 0.05) is 12.8 Å². The Bertz CT molecular complexity index is 270. The van der Waals surface area contributed by atoms with E-state index in [0.29, 0.717) is 12.8 Å². The minimum absolute atomic E-state index is 0.00937. The number of allylic oxidation sites excluding steroid dienone is 2. The highest BCUT2D eigenvalue weighted by atomic mass is 16.5. The topological polar surface area (TPSA) is 49.7 Å². The summed E-state index contributed by atoms with van der Waals surface area (Å²) < 4.78 is 5.72. The van der Waals surface area contributed by atoms with Crippen molar-refractivity contribution < 1.29 is 14.9 Å². The molecule has 0 spiro atoms. The Morgan fingerprint density at radius 1 is 1.33 bits per heavy atom. The van der Waals surface area contributed by atoms with Crippen LogP contribution in [0.2, 0.25) is 0 Å². The fraction of sp³-hybridized carbons (Fsp3) is 0.667. The van der Waals surface area contributed by atoms with Gasteiger partial charge in [-0.2, -0.15) is 0 Å². The van der Waals surface area contributed by atoms with E-state index in [1.54, 1.807) is 0 Å². The van der Waals surface area contributed by atoms with E-state index in [9.17, 15) is 5.11 Å². The first kappa shape index (κ1) is 10.9. The lowest BCUT2D eigenvalue weighted by Crippen LogP contribution is -2.38. The van der Waals surface area contributed by atoms with Crippen LogP contribution in [0.5, 0.6) is 0 Å². The summed E-state index contributed by atoms with van der Waals surface area (Å²) in [5.74, 6) is 0. The van der Waals surface area contributed by atoms with E-state index < -0.39 is 0 Å². The number of rotatable bonds is 2. The Balaban J connectivity index is 2.02. The Morgan fingerprint density at radius 2 is 2.20 bits per heavy atom. The number of ether oxygens (including phenoxy) is 1. The summed E-state index contributed by atoms with van der Waals surface area (Å²) in [6.07, 6.45) is 9.09. The number of aliphatic hydroxyl groups is 2. The molecule has 0 aromatic heterocycles. The highest BCUT2D eigenvalue weighted by Crippen LogP contribution is 2.27. The molecule has 3 nitrogen and oxygen atoms in total. The molecular weight excluding hydrogens is 192 g/mol. The summed E-state index contributed by atoms with van der Waals surface area (Å²) in [7, 11) is 0. The maximum atomic E-state index is 9.67. The molecular formula is C12H18O3. The first-order valence-electron chi connectivity index (χ1n) is 5.60. The summed E-state index contributed by atoms with van der Waals surface area (Å²) in [6, 6.07) is 0. The maximum absolute atomic E-state index is 9.67. The summed E-state index contributed by atoms with van der Waals surface area (Å²) in [5, 5.41) is 18.7. The third-order valence-corrected chi connectivity index (χ3v) is 2.98. The van der Waals surface area contributed by atoms with Crippen molar-refractivity contribution in [2.75, 3.05) is 6.61 Å². The molecule has 0 aromatic rings. The van der Waals surface area contributed by atoms with Crippen LogP contribution in [0.25, 0.3) is 0 Å². The molecule has 2 rings (SSSR count). The lowest BCUT2D eigenvalue weighted by atomic mass is 9.93. The predicted molar refractivity (Wildman–Crippen MR) is 57.4 cm³/mol. The normalized spacial score (nSPS) is 36.4. The summed E-state index contributed by atoms with van der Waals surface area (Å²) in [5.41, 5.74) is 1.15. The first-order chi connectivity index (χ1) is 7.29. The van der Waals surface area contributed by atoms with Crippen molar-refractivity contribution in [1.29, 1.82) is 0 Å². The van der Waals surface area contributed by atoms with Crippen LogP contribution in [0, 0.1) is 0 Å². The Kier molecular flexibility index (Phi) is 3.57. The molecule has 0 saturated carbocycles. The summed E-state index contributed by atoms with van der Waals surface area (Å²) in [6.45, 7) is -0.00937. The van der Waals surface area contributed by atoms with Crippen LogP contribution in [0.15, 0.2) is 23.8 Å². The van der Waals surface area contributed by atoms with Gasteiger partial charge in [-0.3, -0.25) is 0 Å². The van der Waals surface area contributed by atoms with Gasteiger partial charge in [-0.25, -0.2) is 0 Å². The van der Waals surface area contributed by atoms with Gasteiger partial charge < -0.3 is 14.9 Å². The molecule has 3 heteroatoms. The second-order valence-electron chi connectivity index (χ2n) is 4.24. The number of aliphatic hydroxyl groups excluding tert-OH is 2. The van der Waals surface area contributed by atoms with Crippen LogP contribution in [-0.4, -0.2) is 35.1 Å². The average molecular weight is 210 g/mol. The highest BCUT2D eigenvalue weighted by molar-refractivity contribution is 5.26. The van der Waals surface area contributed by atoms with E-state index >= 15 is 0 Å². The van der Waals surface area contributed by atoms with Gasteiger partial charge in [0.05, 0.1) is 24.9 Å². The van der Waals surface area contributed by atoms with Crippen molar-refractivity contribution >= 4 is 0 Å². The van der Waals surface area contributed by atoms with Crippen LogP contribution in [0.4, 0.5) is 0 Å². The summed E-state index contributed by atoms with van der Waals surface area (Å²) in [4.78, 5) is 0. The van der Waals surface area contributed by atoms with E-state index in [0.717, 1.165) is 18.4 Å². The minimum atomic E-state index is -0.350. The Labute approximate surface area is 90.1 Å². The van der Waals surface area contributed by atoms with Crippen LogP contribution in [0.1, 0.15) is 25.7 Å². The predicted octanol–water partition coefficient (Wildman–Crippen LogP) is 1.16. The zero-order valence-electron chi connectivity index (χ0n) is 8.80. The molecule has 0 amide bonds. The second kappa shape index (κ2) is 4.92.